The lowest BCUT2D eigenvalue weighted by atomic mass is 10.2. The summed E-state index contributed by atoms with van der Waals surface area (Å²) in [7, 11) is 0. The van der Waals surface area contributed by atoms with Crippen molar-refractivity contribution in [3.8, 4) is 0 Å². The van der Waals surface area contributed by atoms with Gasteiger partial charge >= 0.3 is 0 Å². The molecule has 1 atom stereocenters. The molecule has 0 radical (unpaired) electrons. The van der Waals surface area contributed by atoms with E-state index in [1.165, 1.54) is 0 Å². The number of thioether (sulfide) groups is 1. The van der Waals surface area contributed by atoms with Crippen LogP contribution >= 0.6 is 27.7 Å². The van der Waals surface area contributed by atoms with Gasteiger partial charge in [-0.15, -0.1) is 11.8 Å². The van der Waals surface area contributed by atoms with E-state index < -0.39 is 0 Å². The van der Waals surface area contributed by atoms with Gasteiger partial charge in [0.2, 0.25) is 0 Å². The molecule has 0 saturated carbocycles. The summed E-state index contributed by atoms with van der Waals surface area (Å²) in [5, 5.41) is 18.0. The van der Waals surface area contributed by atoms with Crippen molar-refractivity contribution in [3.05, 3.63) is 28.2 Å². The number of rotatable bonds is 4. The molecule has 0 heterocycles. The molecule has 2 N–H and O–H groups in total. The molecule has 4 heteroatoms. The Morgan fingerprint density at radius 3 is 2.64 bits per heavy atom. The summed E-state index contributed by atoms with van der Waals surface area (Å²) in [6.45, 7) is 2.19. The zero-order valence-electron chi connectivity index (χ0n) is 7.90. The third-order valence-electron chi connectivity index (χ3n) is 1.76. The van der Waals surface area contributed by atoms with Crippen molar-refractivity contribution in [2.75, 3.05) is 6.61 Å². The predicted molar refractivity (Wildman–Crippen MR) is 62.5 cm³/mol. The van der Waals surface area contributed by atoms with Crippen LogP contribution in [0.15, 0.2) is 27.6 Å². The molecule has 1 aromatic carbocycles. The van der Waals surface area contributed by atoms with Crippen LogP contribution in [0.25, 0.3) is 0 Å². The van der Waals surface area contributed by atoms with E-state index in [0.717, 1.165) is 14.9 Å². The molecule has 0 aromatic heterocycles. The average Bonchev–Trinajstić information content (AvgIpc) is 2.20. The first-order valence-corrected chi connectivity index (χ1v) is 6.01. The molecule has 1 aromatic rings. The fourth-order valence-electron chi connectivity index (χ4n) is 0.992. The Balaban J connectivity index is 2.78. The first kappa shape index (κ1) is 12.0. The van der Waals surface area contributed by atoms with Crippen LogP contribution in [-0.4, -0.2) is 22.1 Å². The molecule has 2 nitrogen and oxygen atoms in total. The highest BCUT2D eigenvalue weighted by atomic mass is 79.9. The number of aliphatic hydroxyl groups excluding tert-OH is 2. The molecule has 0 amide bonds. The highest BCUT2D eigenvalue weighted by Crippen LogP contribution is 2.31. The molecular formula is C10H13BrO2S. The van der Waals surface area contributed by atoms with Gasteiger partial charge in [-0.25, -0.2) is 0 Å². The maximum Gasteiger partial charge on any atom is 0.0682 e. The van der Waals surface area contributed by atoms with Gasteiger partial charge in [-0.1, -0.05) is 13.0 Å². The van der Waals surface area contributed by atoms with Gasteiger partial charge in [0.25, 0.3) is 0 Å². The summed E-state index contributed by atoms with van der Waals surface area (Å²) < 4.78 is 0.967. The molecule has 0 aliphatic carbocycles. The van der Waals surface area contributed by atoms with Gasteiger partial charge in [0, 0.05) is 14.6 Å². The first-order chi connectivity index (χ1) is 6.67. The Hall–Kier alpha value is -0.0300. The van der Waals surface area contributed by atoms with Crippen LogP contribution < -0.4 is 0 Å². The smallest absolute Gasteiger partial charge is 0.0682 e. The molecule has 0 saturated heterocycles. The van der Waals surface area contributed by atoms with Crippen molar-refractivity contribution < 1.29 is 10.2 Å². The summed E-state index contributed by atoms with van der Waals surface area (Å²) in [5.74, 6) is 0. The van der Waals surface area contributed by atoms with Crippen molar-refractivity contribution in [1.29, 1.82) is 0 Å². The Morgan fingerprint density at radius 1 is 1.43 bits per heavy atom. The molecule has 78 valence electrons. The van der Waals surface area contributed by atoms with Crippen molar-refractivity contribution >= 4 is 27.7 Å². The molecule has 14 heavy (non-hydrogen) atoms. The van der Waals surface area contributed by atoms with E-state index >= 15 is 0 Å². The van der Waals surface area contributed by atoms with Crippen LogP contribution in [0.2, 0.25) is 0 Å². The number of hydrogen-bond acceptors (Lipinski definition) is 3. The Morgan fingerprint density at radius 2 is 2.14 bits per heavy atom. The first-order valence-electron chi connectivity index (χ1n) is 4.34. The van der Waals surface area contributed by atoms with Crippen LogP contribution in [0.3, 0.4) is 0 Å². The van der Waals surface area contributed by atoms with Crippen molar-refractivity contribution in [3.63, 3.8) is 0 Å². The second kappa shape index (κ2) is 5.75. The summed E-state index contributed by atoms with van der Waals surface area (Å²) in [4.78, 5) is 1.09. The number of benzene rings is 1. The zero-order chi connectivity index (χ0) is 10.6. The molecule has 0 bridgehead atoms. The van der Waals surface area contributed by atoms with E-state index in [1.807, 2.05) is 25.1 Å². The molecule has 0 aliphatic heterocycles. The molecular weight excluding hydrogens is 264 g/mol. The average molecular weight is 277 g/mol. The molecule has 1 rings (SSSR count). The quantitative estimate of drug-likeness (QED) is 0.830. The van der Waals surface area contributed by atoms with Gasteiger partial charge in [-0.3, -0.25) is 0 Å². The van der Waals surface area contributed by atoms with Crippen LogP contribution in [0.5, 0.6) is 0 Å². The number of hydrogen-bond donors (Lipinski definition) is 2. The highest BCUT2D eigenvalue weighted by Gasteiger charge is 2.06. The van der Waals surface area contributed by atoms with Crippen molar-refractivity contribution in [1.82, 2.24) is 0 Å². The monoisotopic (exact) mass is 276 g/mol. The van der Waals surface area contributed by atoms with E-state index in [1.54, 1.807) is 11.8 Å². The third-order valence-corrected chi connectivity index (χ3v) is 3.84. The summed E-state index contributed by atoms with van der Waals surface area (Å²) in [6.07, 6.45) is 0. The van der Waals surface area contributed by atoms with E-state index in [2.05, 4.69) is 15.9 Å². The van der Waals surface area contributed by atoms with E-state index in [-0.39, 0.29) is 18.5 Å². The number of halogens is 1. The maximum atomic E-state index is 8.91. The van der Waals surface area contributed by atoms with Crippen LogP contribution in [-0.2, 0) is 6.61 Å². The molecule has 0 aliphatic rings. The second-order valence-electron chi connectivity index (χ2n) is 3.03. The standard InChI is InChI=1S/C10H13BrO2S/c1-7(5-12)14-10-3-2-8(6-13)4-9(10)11/h2-4,7,12-13H,5-6H2,1H3. The predicted octanol–water partition coefficient (Wildman–Crippen LogP) is 2.41. The molecule has 0 spiro atoms. The van der Waals surface area contributed by atoms with Crippen LogP contribution in [0.4, 0.5) is 0 Å². The van der Waals surface area contributed by atoms with Gasteiger partial charge < -0.3 is 10.2 Å². The van der Waals surface area contributed by atoms with Gasteiger partial charge in [-0.2, -0.15) is 0 Å². The van der Waals surface area contributed by atoms with E-state index in [4.69, 9.17) is 10.2 Å². The topological polar surface area (TPSA) is 40.5 Å². The zero-order valence-corrected chi connectivity index (χ0v) is 10.3. The van der Waals surface area contributed by atoms with Gasteiger partial charge in [0.05, 0.1) is 13.2 Å². The van der Waals surface area contributed by atoms with Gasteiger partial charge in [0.15, 0.2) is 0 Å². The Labute approximate surface area is 96.5 Å². The minimum absolute atomic E-state index is 0.0547. The lowest BCUT2D eigenvalue weighted by Crippen LogP contribution is -2.01. The van der Waals surface area contributed by atoms with Crippen LogP contribution in [0, 0.1) is 0 Å². The SMILES string of the molecule is CC(CO)Sc1ccc(CO)cc1Br. The maximum absolute atomic E-state index is 8.91. The lowest BCUT2D eigenvalue weighted by Gasteiger charge is -2.09. The Kier molecular flexibility index (Phi) is 4.95. The van der Waals surface area contributed by atoms with E-state index in [9.17, 15) is 0 Å². The highest BCUT2D eigenvalue weighted by molar-refractivity contribution is 9.10. The van der Waals surface area contributed by atoms with E-state index in [0.29, 0.717) is 0 Å². The van der Waals surface area contributed by atoms with Crippen molar-refractivity contribution in [2.45, 2.75) is 23.7 Å². The second-order valence-corrected chi connectivity index (χ2v) is 5.37. The minimum atomic E-state index is 0.0547. The summed E-state index contributed by atoms with van der Waals surface area (Å²) >= 11 is 5.04. The normalized spacial score (nSPS) is 12.9. The minimum Gasteiger partial charge on any atom is -0.395 e. The lowest BCUT2D eigenvalue weighted by molar-refractivity contribution is 0.281. The van der Waals surface area contributed by atoms with Gasteiger partial charge in [-0.05, 0) is 33.6 Å². The van der Waals surface area contributed by atoms with Crippen LogP contribution in [0.1, 0.15) is 12.5 Å². The fourth-order valence-corrected chi connectivity index (χ4v) is 2.53. The molecule has 1 unspecified atom stereocenters. The summed E-state index contributed by atoms with van der Waals surface area (Å²) in [5.41, 5.74) is 0.887. The number of aliphatic hydroxyl groups is 2. The summed E-state index contributed by atoms with van der Waals surface area (Å²) in [6, 6.07) is 5.73. The van der Waals surface area contributed by atoms with Gasteiger partial charge in [0.1, 0.15) is 0 Å². The fraction of sp³-hybridized carbons (Fsp3) is 0.400. The third kappa shape index (κ3) is 3.28. The molecule has 0 fully saturated rings. The Bertz CT molecular complexity index is 304. The van der Waals surface area contributed by atoms with Crippen molar-refractivity contribution in [2.24, 2.45) is 0 Å². The largest absolute Gasteiger partial charge is 0.395 e.